The van der Waals surface area contributed by atoms with Crippen molar-refractivity contribution in [3.63, 3.8) is 0 Å². The van der Waals surface area contributed by atoms with Crippen molar-refractivity contribution in [1.29, 1.82) is 0 Å². The molecule has 0 radical (unpaired) electrons. The fourth-order valence-corrected chi connectivity index (χ4v) is 5.38. The molecule has 2 aromatic heterocycles. The van der Waals surface area contributed by atoms with Crippen molar-refractivity contribution in [2.75, 3.05) is 13.6 Å². The van der Waals surface area contributed by atoms with Crippen molar-refractivity contribution in [2.45, 2.75) is 37.0 Å². The number of rotatable bonds is 9. The summed E-state index contributed by atoms with van der Waals surface area (Å²) in [6.45, 7) is 2.16. The van der Waals surface area contributed by atoms with E-state index in [-0.39, 0.29) is 23.8 Å². The number of aryl methyl sites for hydroxylation is 1. The van der Waals surface area contributed by atoms with Crippen molar-refractivity contribution in [3.8, 4) is 0 Å². The molecule has 160 valence electrons. The van der Waals surface area contributed by atoms with Gasteiger partial charge in [0.05, 0.1) is 0 Å². The highest BCUT2D eigenvalue weighted by molar-refractivity contribution is 7.91. The Kier molecular flexibility index (Phi) is 7.06. The van der Waals surface area contributed by atoms with Crippen molar-refractivity contribution in [3.05, 3.63) is 63.3 Å². The van der Waals surface area contributed by atoms with Gasteiger partial charge in [-0.25, -0.2) is 17.5 Å². The normalized spacial score (nSPS) is 11.8. The number of nitrogens with zero attached hydrogens (tertiary/aromatic N) is 1. The lowest BCUT2D eigenvalue weighted by atomic mass is 10.1. The van der Waals surface area contributed by atoms with Crippen molar-refractivity contribution in [2.24, 2.45) is 0 Å². The molecule has 0 atom stereocenters. The Balaban J connectivity index is 1.56. The fraction of sp³-hybridized carbons (Fsp3) is 0.333. The predicted octanol–water partition coefficient (Wildman–Crippen LogP) is 3.56. The van der Waals surface area contributed by atoms with Crippen LogP contribution in [0.1, 0.15) is 30.9 Å². The third-order valence-corrected chi connectivity index (χ3v) is 7.93. The second-order valence-electron chi connectivity index (χ2n) is 6.80. The Morgan fingerprint density at radius 3 is 2.73 bits per heavy atom. The summed E-state index contributed by atoms with van der Waals surface area (Å²) in [7, 11) is -2.04. The number of hydrogen-bond donors (Lipinski definition) is 0. The highest BCUT2D eigenvalue weighted by atomic mass is 32.2. The number of ether oxygens (including phenoxy) is 1. The monoisotopic (exact) mass is 449 g/mol. The van der Waals surface area contributed by atoms with Gasteiger partial charge in [-0.1, -0.05) is 25.1 Å². The van der Waals surface area contributed by atoms with E-state index in [9.17, 15) is 18.0 Å². The number of benzene rings is 1. The highest BCUT2D eigenvalue weighted by Crippen LogP contribution is 2.21. The zero-order valence-electron chi connectivity index (χ0n) is 16.8. The van der Waals surface area contributed by atoms with E-state index in [0.29, 0.717) is 17.6 Å². The van der Waals surface area contributed by atoms with Gasteiger partial charge in [0.15, 0.2) is 0 Å². The van der Waals surface area contributed by atoms with Gasteiger partial charge in [0.25, 0.3) is 10.0 Å². The molecule has 3 rings (SSSR count). The molecule has 0 unspecified atom stereocenters. The Morgan fingerprint density at radius 2 is 2.03 bits per heavy atom. The Morgan fingerprint density at radius 1 is 1.23 bits per heavy atom. The lowest BCUT2D eigenvalue weighted by Crippen LogP contribution is -2.27. The van der Waals surface area contributed by atoms with Gasteiger partial charge in [0.2, 0.25) is 0 Å². The second kappa shape index (κ2) is 9.55. The van der Waals surface area contributed by atoms with Crippen LogP contribution >= 0.6 is 11.3 Å². The van der Waals surface area contributed by atoms with Gasteiger partial charge in [-0.2, -0.15) is 0 Å². The summed E-state index contributed by atoms with van der Waals surface area (Å²) in [5.41, 5.74) is 1.59. The quantitative estimate of drug-likeness (QED) is 0.366. The number of carbonyl (C=O) groups excluding carboxylic acids is 1. The van der Waals surface area contributed by atoms with E-state index in [4.69, 9.17) is 9.15 Å². The lowest BCUT2D eigenvalue weighted by molar-refractivity contribution is -0.145. The van der Waals surface area contributed by atoms with Gasteiger partial charge >= 0.3 is 11.6 Å². The molecule has 2 heterocycles. The van der Waals surface area contributed by atoms with Crippen LogP contribution in [0, 0.1) is 0 Å². The van der Waals surface area contributed by atoms with E-state index in [1.54, 1.807) is 17.5 Å². The first-order chi connectivity index (χ1) is 14.3. The van der Waals surface area contributed by atoms with Crippen LogP contribution in [-0.4, -0.2) is 32.3 Å². The van der Waals surface area contributed by atoms with Crippen LogP contribution in [0.15, 0.2) is 55.2 Å². The van der Waals surface area contributed by atoms with Crippen LogP contribution in [-0.2, 0) is 32.6 Å². The van der Waals surface area contributed by atoms with E-state index in [0.717, 1.165) is 28.7 Å². The summed E-state index contributed by atoms with van der Waals surface area (Å²) >= 11 is 1.15. The number of carbonyl (C=O) groups is 1. The van der Waals surface area contributed by atoms with Gasteiger partial charge in [-0.05, 0) is 35.9 Å². The SMILES string of the molecule is CCc1ccc2c(COC(=O)CCCN(C)S(=O)(=O)c3cccs3)cc(=O)oc2c1. The maximum absolute atomic E-state index is 12.4. The van der Waals surface area contributed by atoms with Gasteiger partial charge in [-0.15, -0.1) is 11.3 Å². The van der Waals surface area contributed by atoms with Gasteiger partial charge in [-0.3, -0.25) is 4.79 Å². The van der Waals surface area contributed by atoms with Crippen molar-refractivity contribution in [1.82, 2.24) is 4.31 Å². The summed E-state index contributed by atoms with van der Waals surface area (Å²) in [6, 6.07) is 10.2. The molecule has 7 nitrogen and oxygen atoms in total. The first-order valence-electron chi connectivity index (χ1n) is 9.52. The van der Waals surface area contributed by atoms with E-state index in [1.165, 1.54) is 17.4 Å². The van der Waals surface area contributed by atoms with Gasteiger partial charge in [0.1, 0.15) is 16.4 Å². The van der Waals surface area contributed by atoms with Crippen LogP contribution in [0.5, 0.6) is 0 Å². The molecule has 0 saturated carbocycles. The lowest BCUT2D eigenvalue weighted by Gasteiger charge is -2.15. The van der Waals surface area contributed by atoms with Gasteiger partial charge in [0, 0.05) is 37.0 Å². The summed E-state index contributed by atoms with van der Waals surface area (Å²) in [4.78, 5) is 23.9. The molecule has 0 aliphatic carbocycles. The minimum absolute atomic E-state index is 0.0459. The molecule has 0 aliphatic rings. The first kappa shape index (κ1) is 22.2. The Bertz CT molecular complexity index is 1180. The standard InChI is InChI=1S/C21H23NO6S2/c1-3-15-8-9-17-16(13-20(24)28-18(17)12-15)14-27-19(23)6-4-10-22(2)30(25,26)21-7-5-11-29-21/h5,7-9,11-13H,3-4,6,10,14H2,1-2H3. The number of thiophene rings is 1. The second-order valence-corrected chi connectivity index (χ2v) is 10.0. The number of fused-ring (bicyclic) bond motifs is 1. The van der Waals surface area contributed by atoms with E-state index in [2.05, 4.69) is 0 Å². The molecular weight excluding hydrogens is 426 g/mol. The topological polar surface area (TPSA) is 93.9 Å². The molecule has 0 saturated heterocycles. The van der Waals surface area contributed by atoms with E-state index >= 15 is 0 Å². The number of esters is 1. The zero-order chi connectivity index (χ0) is 21.7. The maximum Gasteiger partial charge on any atom is 0.336 e. The molecule has 3 aromatic rings. The van der Waals surface area contributed by atoms with Gasteiger partial charge < -0.3 is 9.15 Å². The van der Waals surface area contributed by atoms with E-state index in [1.807, 2.05) is 25.1 Å². The van der Waals surface area contributed by atoms with Crippen LogP contribution in [0.2, 0.25) is 0 Å². The smallest absolute Gasteiger partial charge is 0.336 e. The Labute approximate surface area is 178 Å². The zero-order valence-corrected chi connectivity index (χ0v) is 18.4. The molecule has 1 aromatic carbocycles. The third kappa shape index (κ3) is 5.16. The molecule has 0 aliphatic heterocycles. The van der Waals surface area contributed by atoms with Crippen LogP contribution < -0.4 is 5.63 Å². The molecule has 0 amide bonds. The summed E-state index contributed by atoms with van der Waals surface area (Å²) in [5.74, 6) is -0.455. The largest absolute Gasteiger partial charge is 0.461 e. The van der Waals surface area contributed by atoms with E-state index < -0.39 is 21.6 Å². The molecule has 0 fully saturated rings. The molecular formula is C21H23NO6S2. The molecule has 0 bridgehead atoms. The molecule has 0 N–H and O–H groups in total. The Hall–Kier alpha value is -2.49. The molecule has 30 heavy (non-hydrogen) atoms. The first-order valence-corrected chi connectivity index (χ1v) is 11.8. The number of hydrogen-bond acceptors (Lipinski definition) is 7. The minimum Gasteiger partial charge on any atom is -0.461 e. The van der Waals surface area contributed by atoms with Crippen molar-refractivity contribution < 1.29 is 22.4 Å². The third-order valence-electron chi connectivity index (χ3n) is 4.71. The summed E-state index contributed by atoms with van der Waals surface area (Å²) in [5, 5.41) is 2.43. The van der Waals surface area contributed by atoms with Crippen LogP contribution in [0.3, 0.4) is 0 Å². The fourth-order valence-electron chi connectivity index (χ4n) is 2.97. The van der Waals surface area contributed by atoms with Crippen molar-refractivity contribution >= 4 is 38.3 Å². The molecule has 9 heteroatoms. The average Bonchev–Trinajstić information content (AvgIpc) is 3.27. The molecule has 0 spiro atoms. The average molecular weight is 450 g/mol. The van der Waals surface area contributed by atoms with Crippen LogP contribution in [0.25, 0.3) is 11.0 Å². The van der Waals surface area contributed by atoms with Crippen LogP contribution in [0.4, 0.5) is 0 Å². The summed E-state index contributed by atoms with van der Waals surface area (Å²) in [6.07, 6.45) is 1.22. The highest BCUT2D eigenvalue weighted by Gasteiger charge is 2.21. The summed E-state index contributed by atoms with van der Waals surface area (Å²) < 4.78 is 36.8. The predicted molar refractivity (Wildman–Crippen MR) is 115 cm³/mol. The number of sulfonamides is 1. The minimum atomic E-state index is -3.53. The maximum atomic E-state index is 12.4.